The second-order valence-electron chi connectivity index (χ2n) is 4.90. The molecule has 0 fully saturated rings. The summed E-state index contributed by atoms with van der Waals surface area (Å²) in [5.41, 5.74) is 0. The van der Waals surface area contributed by atoms with Gasteiger partial charge in [0.05, 0.1) is 7.11 Å². The molecule has 6 heteroatoms. The lowest BCUT2D eigenvalue weighted by atomic mass is 10.3. The van der Waals surface area contributed by atoms with Crippen LogP contribution in [0.2, 0.25) is 0 Å². The Hall–Kier alpha value is -2.47. The van der Waals surface area contributed by atoms with E-state index in [-0.39, 0.29) is 19.0 Å². The van der Waals surface area contributed by atoms with E-state index in [1.54, 1.807) is 23.9 Å². The smallest absolute Gasteiger partial charge is 0.343 e. The minimum Gasteiger partial charge on any atom is -0.486 e. The van der Waals surface area contributed by atoms with Crippen molar-refractivity contribution in [3.63, 3.8) is 0 Å². The molecule has 5 nitrogen and oxygen atoms in total. The number of carbonyl (C=O) groups is 2. The van der Waals surface area contributed by atoms with Crippen LogP contribution in [0.4, 0.5) is 0 Å². The van der Waals surface area contributed by atoms with Crippen LogP contribution in [0.25, 0.3) is 0 Å². The highest BCUT2D eigenvalue weighted by Gasteiger charge is 2.03. The molecule has 0 aliphatic heterocycles. The molecular weight excluding hydrogens is 328 g/mol. The van der Waals surface area contributed by atoms with Gasteiger partial charge in [-0.3, -0.25) is 4.79 Å². The van der Waals surface area contributed by atoms with E-state index in [4.69, 9.17) is 9.47 Å². The summed E-state index contributed by atoms with van der Waals surface area (Å²) < 4.78 is 15.1. The van der Waals surface area contributed by atoms with E-state index in [2.05, 4.69) is 4.74 Å². The quantitative estimate of drug-likeness (QED) is 0.683. The van der Waals surface area contributed by atoms with Gasteiger partial charge in [-0.15, -0.1) is 0 Å². The Morgan fingerprint density at radius 2 is 1.29 bits per heavy atom. The average molecular weight is 346 g/mol. The van der Waals surface area contributed by atoms with Crippen LogP contribution < -0.4 is 9.47 Å². The molecule has 0 saturated carbocycles. The van der Waals surface area contributed by atoms with Crippen LogP contribution in [-0.2, 0) is 14.3 Å². The van der Waals surface area contributed by atoms with Gasteiger partial charge in [-0.1, -0.05) is 11.8 Å². The second kappa shape index (κ2) is 8.98. The topological polar surface area (TPSA) is 61.8 Å². The Morgan fingerprint density at radius 1 is 0.833 bits per heavy atom. The molecule has 0 bridgehead atoms. The van der Waals surface area contributed by atoms with Crippen LogP contribution in [0, 0.1) is 0 Å². The Balaban J connectivity index is 1.89. The summed E-state index contributed by atoms with van der Waals surface area (Å²) in [4.78, 5) is 24.0. The maximum Gasteiger partial charge on any atom is 0.343 e. The maximum absolute atomic E-state index is 11.0. The van der Waals surface area contributed by atoms with E-state index in [0.717, 1.165) is 9.79 Å². The maximum atomic E-state index is 11.0. The molecule has 0 N–H and O–H groups in total. The minimum absolute atomic E-state index is 0.0111. The molecular formula is C18H18O5S. The Kier molecular flexibility index (Phi) is 6.69. The zero-order chi connectivity index (χ0) is 17.4. The van der Waals surface area contributed by atoms with Gasteiger partial charge in [-0.25, -0.2) is 4.79 Å². The van der Waals surface area contributed by atoms with E-state index < -0.39 is 5.97 Å². The van der Waals surface area contributed by atoms with Crippen molar-refractivity contribution in [1.82, 2.24) is 0 Å². The number of benzene rings is 2. The van der Waals surface area contributed by atoms with Gasteiger partial charge in [0.25, 0.3) is 0 Å². The zero-order valence-corrected chi connectivity index (χ0v) is 14.3. The largest absolute Gasteiger partial charge is 0.486 e. The molecule has 126 valence electrons. The molecule has 0 amide bonds. The molecule has 0 atom stereocenters. The van der Waals surface area contributed by atoms with Crippen LogP contribution in [0.3, 0.4) is 0 Å². The summed E-state index contributed by atoms with van der Waals surface area (Å²) in [6.07, 6.45) is 0. The van der Waals surface area contributed by atoms with E-state index in [9.17, 15) is 9.59 Å². The van der Waals surface area contributed by atoms with Crippen molar-refractivity contribution < 1.29 is 23.8 Å². The van der Waals surface area contributed by atoms with Crippen molar-refractivity contribution in [3.8, 4) is 11.5 Å². The summed E-state index contributed by atoms with van der Waals surface area (Å²) in [5, 5.41) is 0. The van der Waals surface area contributed by atoms with Crippen LogP contribution in [0.15, 0.2) is 58.3 Å². The second-order valence-corrected chi connectivity index (χ2v) is 6.05. The van der Waals surface area contributed by atoms with Crippen molar-refractivity contribution in [2.75, 3.05) is 20.3 Å². The van der Waals surface area contributed by atoms with Gasteiger partial charge in [0, 0.05) is 9.79 Å². The van der Waals surface area contributed by atoms with Crippen LogP contribution >= 0.6 is 11.8 Å². The number of ether oxygens (including phenoxy) is 3. The molecule has 0 unspecified atom stereocenters. The number of hydrogen-bond donors (Lipinski definition) is 0. The first kappa shape index (κ1) is 17.9. The van der Waals surface area contributed by atoms with Gasteiger partial charge in [0.15, 0.2) is 12.4 Å². The Labute approximate surface area is 144 Å². The number of esters is 1. The van der Waals surface area contributed by atoms with Gasteiger partial charge < -0.3 is 14.2 Å². The molecule has 2 rings (SSSR count). The van der Waals surface area contributed by atoms with E-state index in [1.807, 2.05) is 36.4 Å². The number of Topliss-reactive ketones (excluding diaryl/α,β-unsaturated/α-hetero) is 1. The SMILES string of the molecule is COC(=O)COc1ccc(Sc2ccc(OCC(C)=O)cc2)cc1. The predicted octanol–water partition coefficient (Wildman–Crippen LogP) is 3.36. The Morgan fingerprint density at radius 3 is 1.71 bits per heavy atom. The summed E-state index contributed by atoms with van der Waals surface area (Å²) >= 11 is 1.59. The Bertz CT molecular complexity index is 680. The lowest BCUT2D eigenvalue weighted by Gasteiger charge is -2.07. The van der Waals surface area contributed by atoms with Crippen molar-refractivity contribution >= 4 is 23.5 Å². The molecule has 0 saturated heterocycles. The van der Waals surface area contributed by atoms with Crippen molar-refractivity contribution in [2.45, 2.75) is 16.7 Å². The van der Waals surface area contributed by atoms with Crippen molar-refractivity contribution in [2.24, 2.45) is 0 Å². The first-order valence-corrected chi connectivity index (χ1v) is 8.08. The fraction of sp³-hybridized carbons (Fsp3) is 0.222. The standard InChI is InChI=1S/C18H18O5S/c1-13(19)11-22-14-3-7-16(8-4-14)24-17-9-5-15(6-10-17)23-12-18(20)21-2/h3-10H,11-12H2,1-2H3. The van der Waals surface area contributed by atoms with Gasteiger partial charge in [0.2, 0.25) is 0 Å². The minimum atomic E-state index is -0.416. The van der Waals surface area contributed by atoms with Crippen LogP contribution in [-0.4, -0.2) is 32.1 Å². The van der Waals surface area contributed by atoms with E-state index in [0.29, 0.717) is 11.5 Å². The number of rotatable bonds is 8. The molecule has 2 aromatic carbocycles. The lowest BCUT2D eigenvalue weighted by molar-refractivity contribution is -0.142. The lowest BCUT2D eigenvalue weighted by Crippen LogP contribution is -2.12. The van der Waals surface area contributed by atoms with E-state index >= 15 is 0 Å². The molecule has 0 heterocycles. The fourth-order valence-electron chi connectivity index (χ4n) is 1.73. The number of hydrogen-bond acceptors (Lipinski definition) is 6. The van der Waals surface area contributed by atoms with Crippen LogP contribution in [0.1, 0.15) is 6.92 Å². The number of methoxy groups -OCH3 is 1. The third-order valence-corrected chi connectivity index (χ3v) is 3.93. The predicted molar refractivity (Wildman–Crippen MR) is 90.7 cm³/mol. The van der Waals surface area contributed by atoms with E-state index in [1.165, 1.54) is 14.0 Å². The highest BCUT2D eigenvalue weighted by Crippen LogP contribution is 2.30. The summed E-state index contributed by atoms with van der Waals surface area (Å²) in [7, 11) is 1.32. The molecule has 0 aliphatic rings. The zero-order valence-electron chi connectivity index (χ0n) is 13.5. The fourth-order valence-corrected chi connectivity index (χ4v) is 2.55. The summed E-state index contributed by atoms with van der Waals surface area (Å²) in [6.45, 7) is 1.47. The van der Waals surface area contributed by atoms with Gasteiger partial charge in [-0.05, 0) is 55.5 Å². The first-order valence-electron chi connectivity index (χ1n) is 7.26. The van der Waals surface area contributed by atoms with Gasteiger partial charge >= 0.3 is 5.97 Å². The van der Waals surface area contributed by atoms with Crippen LogP contribution in [0.5, 0.6) is 11.5 Å². The third-order valence-electron chi connectivity index (χ3n) is 2.91. The molecule has 2 aromatic rings. The monoisotopic (exact) mass is 346 g/mol. The van der Waals surface area contributed by atoms with Crippen molar-refractivity contribution in [3.05, 3.63) is 48.5 Å². The van der Waals surface area contributed by atoms with Gasteiger partial charge in [0.1, 0.15) is 18.1 Å². The summed E-state index contributed by atoms with van der Waals surface area (Å²) in [6, 6.07) is 15.0. The highest BCUT2D eigenvalue weighted by atomic mass is 32.2. The van der Waals surface area contributed by atoms with Gasteiger partial charge in [-0.2, -0.15) is 0 Å². The average Bonchev–Trinajstić information content (AvgIpc) is 2.60. The molecule has 24 heavy (non-hydrogen) atoms. The number of carbonyl (C=O) groups excluding carboxylic acids is 2. The summed E-state index contributed by atoms with van der Waals surface area (Å²) in [5.74, 6) is 0.849. The van der Waals surface area contributed by atoms with Crippen molar-refractivity contribution in [1.29, 1.82) is 0 Å². The number of ketones is 1. The molecule has 0 aliphatic carbocycles. The third kappa shape index (κ3) is 5.96. The first-order chi connectivity index (χ1) is 11.6. The molecule has 0 radical (unpaired) electrons. The highest BCUT2D eigenvalue weighted by molar-refractivity contribution is 7.99. The molecule has 0 spiro atoms. The molecule has 0 aromatic heterocycles. The normalized spacial score (nSPS) is 10.1.